The number of hydrogen-bond donors (Lipinski definition) is 1. The first kappa shape index (κ1) is 15.3. The van der Waals surface area contributed by atoms with Gasteiger partial charge in [-0.05, 0) is 31.0 Å². The van der Waals surface area contributed by atoms with Crippen molar-refractivity contribution >= 4 is 11.9 Å². The van der Waals surface area contributed by atoms with Crippen LogP contribution >= 0.6 is 0 Å². The van der Waals surface area contributed by atoms with Gasteiger partial charge in [-0.15, -0.1) is 0 Å². The summed E-state index contributed by atoms with van der Waals surface area (Å²) >= 11 is 0. The van der Waals surface area contributed by atoms with E-state index in [1.54, 1.807) is 36.3 Å². The molecule has 0 aromatic heterocycles. The van der Waals surface area contributed by atoms with Gasteiger partial charge in [0.2, 0.25) is 0 Å². The van der Waals surface area contributed by atoms with Crippen molar-refractivity contribution < 1.29 is 24.2 Å². The quantitative estimate of drug-likeness (QED) is 0.888. The zero-order chi connectivity index (χ0) is 15.2. The fourth-order valence-electron chi connectivity index (χ4n) is 2.34. The van der Waals surface area contributed by atoms with E-state index in [9.17, 15) is 9.59 Å². The summed E-state index contributed by atoms with van der Waals surface area (Å²) in [5.41, 5.74) is 0.508. The van der Waals surface area contributed by atoms with Crippen LogP contribution in [0.1, 0.15) is 23.2 Å². The summed E-state index contributed by atoms with van der Waals surface area (Å²) in [5, 5.41) is 8.59. The number of carbonyl (C=O) groups is 2. The van der Waals surface area contributed by atoms with E-state index in [1.807, 2.05) is 0 Å². The summed E-state index contributed by atoms with van der Waals surface area (Å²) < 4.78 is 10.4. The zero-order valence-electron chi connectivity index (χ0n) is 11.9. The maximum absolute atomic E-state index is 12.4. The maximum atomic E-state index is 12.4. The van der Waals surface area contributed by atoms with Crippen LogP contribution in [0.25, 0.3) is 0 Å². The molecule has 2 rings (SSSR count). The largest absolute Gasteiger partial charge is 0.482 e. The highest BCUT2D eigenvalue weighted by molar-refractivity contribution is 5.94. The minimum absolute atomic E-state index is 0.0645. The lowest BCUT2D eigenvalue weighted by atomic mass is 10.1. The average molecular weight is 293 g/mol. The van der Waals surface area contributed by atoms with Crippen LogP contribution in [0, 0.1) is 0 Å². The number of rotatable bonds is 5. The summed E-state index contributed by atoms with van der Waals surface area (Å²) in [4.78, 5) is 24.7. The van der Waals surface area contributed by atoms with E-state index in [-0.39, 0.29) is 12.0 Å². The number of methoxy groups -OCH3 is 1. The molecular weight excluding hydrogens is 274 g/mol. The number of likely N-dealkylation sites (tertiary alicyclic amines) is 1. The number of hydrogen-bond acceptors (Lipinski definition) is 4. The van der Waals surface area contributed by atoms with Gasteiger partial charge in [0.15, 0.2) is 6.61 Å². The molecule has 0 unspecified atom stereocenters. The first-order valence-corrected chi connectivity index (χ1v) is 6.87. The van der Waals surface area contributed by atoms with E-state index in [0.717, 1.165) is 12.8 Å². The number of carbonyl (C=O) groups excluding carboxylic acids is 1. The standard InChI is InChI=1S/C15H19NO5/c1-20-12-5-7-16(8-6-12)15(19)11-3-2-4-13(9-11)21-10-14(17)18/h2-4,9,12H,5-8,10H2,1H3,(H,17,18). The highest BCUT2D eigenvalue weighted by Gasteiger charge is 2.23. The molecule has 6 nitrogen and oxygen atoms in total. The van der Waals surface area contributed by atoms with Gasteiger partial charge in [0, 0.05) is 25.8 Å². The first-order chi connectivity index (χ1) is 10.1. The topological polar surface area (TPSA) is 76.1 Å². The van der Waals surface area contributed by atoms with Gasteiger partial charge in [-0.3, -0.25) is 4.79 Å². The molecule has 1 amide bonds. The number of carboxylic acids is 1. The van der Waals surface area contributed by atoms with Crippen LogP contribution in [-0.2, 0) is 9.53 Å². The van der Waals surface area contributed by atoms with E-state index < -0.39 is 12.6 Å². The summed E-state index contributed by atoms with van der Waals surface area (Å²) in [7, 11) is 1.69. The van der Waals surface area contributed by atoms with E-state index in [1.165, 1.54) is 0 Å². The molecule has 0 saturated carbocycles. The van der Waals surface area contributed by atoms with Crippen LogP contribution in [-0.4, -0.2) is 54.8 Å². The van der Waals surface area contributed by atoms with Crippen molar-refractivity contribution in [2.45, 2.75) is 18.9 Å². The Balaban J connectivity index is 1.99. The lowest BCUT2D eigenvalue weighted by Crippen LogP contribution is -2.40. The Morgan fingerprint density at radius 3 is 2.67 bits per heavy atom. The molecule has 6 heteroatoms. The average Bonchev–Trinajstić information content (AvgIpc) is 2.52. The van der Waals surface area contributed by atoms with Crippen molar-refractivity contribution in [3.63, 3.8) is 0 Å². The van der Waals surface area contributed by atoms with Crippen LogP contribution in [0.3, 0.4) is 0 Å². The van der Waals surface area contributed by atoms with Crippen LogP contribution in [0.4, 0.5) is 0 Å². The summed E-state index contributed by atoms with van der Waals surface area (Å²) in [6.07, 6.45) is 1.88. The van der Waals surface area contributed by atoms with E-state index in [0.29, 0.717) is 24.4 Å². The predicted octanol–water partition coefficient (Wildman–Crippen LogP) is 1.40. The number of piperidine rings is 1. The highest BCUT2D eigenvalue weighted by Crippen LogP contribution is 2.18. The third-order valence-corrected chi connectivity index (χ3v) is 3.51. The fourth-order valence-corrected chi connectivity index (χ4v) is 2.34. The third kappa shape index (κ3) is 4.19. The van der Waals surface area contributed by atoms with Gasteiger partial charge in [-0.1, -0.05) is 6.07 Å². The Labute approximate surface area is 123 Å². The van der Waals surface area contributed by atoms with E-state index in [2.05, 4.69) is 0 Å². The molecule has 1 saturated heterocycles. The van der Waals surface area contributed by atoms with E-state index in [4.69, 9.17) is 14.6 Å². The molecule has 114 valence electrons. The molecule has 1 aliphatic heterocycles. The molecule has 0 bridgehead atoms. The zero-order valence-corrected chi connectivity index (χ0v) is 11.9. The number of amides is 1. The number of ether oxygens (including phenoxy) is 2. The minimum Gasteiger partial charge on any atom is -0.482 e. The van der Waals surface area contributed by atoms with Crippen molar-refractivity contribution in [3.8, 4) is 5.75 Å². The molecule has 1 aromatic carbocycles. The van der Waals surface area contributed by atoms with Gasteiger partial charge >= 0.3 is 5.97 Å². The molecule has 1 N–H and O–H groups in total. The summed E-state index contributed by atoms with van der Waals surface area (Å²) in [6, 6.07) is 6.61. The van der Waals surface area contributed by atoms with Crippen LogP contribution < -0.4 is 4.74 Å². The van der Waals surface area contributed by atoms with Gasteiger partial charge in [0.25, 0.3) is 5.91 Å². The number of benzene rings is 1. The van der Waals surface area contributed by atoms with Gasteiger partial charge in [-0.2, -0.15) is 0 Å². The van der Waals surface area contributed by atoms with Crippen LogP contribution in [0.2, 0.25) is 0 Å². The lowest BCUT2D eigenvalue weighted by molar-refractivity contribution is -0.139. The second kappa shape index (κ2) is 7.08. The number of aliphatic carboxylic acids is 1. The maximum Gasteiger partial charge on any atom is 0.341 e. The fraction of sp³-hybridized carbons (Fsp3) is 0.467. The molecule has 21 heavy (non-hydrogen) atoms. The van der Waals surface area contributed by atoms with Crippen molar-refractivity contribution in [3.05, 3.63) is 29.8 Å². The van der Waals surface area contributed by atoms with Gasteiger partial charge < -0.3 is 19.5 Å². The molecule has 0 atom stereocenters. The Morgan fingerprint density at radius 2 is 2.05 bits per heavy atom. The second-order valence-corrected chi connectivity index (χ2v) is 4.94. The van der Waals surface area contributed by atoms with Crippen molar-refractivity contribution in [2.75, 3.05) is 26.8 Å². The molecule has 0 aliphatic carbocycles. The Hall–Kier alpha value is -2.08. The second-order valence-electron chi connectivity index (χ2n) is 4.94. The normalized spacial score (nSPS) is 15.8. The van der Waals surface area contributed by atoms with Gasteiger partial charge in [-0.25, -0.2) is 4.79 Å². The van der Waals surface area contributed by atoms with Gasteiger partial charge in [0.05, 0.1) is 6.10 Å². The highest BCUT2D eigenvalue weighted by atomic mass is 16.5. The minimum atomic E-state index is -1.05. The Morgan fingerprint density at radius 1 is 1.33 bits per heavy atom. The van der Waals surface area contributed by atoms with Crippen molar-refractivity contribution in [1.29, 1.82) is 0 Å². The molecule has 1 aromatic rings. The van der Waals surface area contributed by atoms with Crippen molar-refractivity contribution in [2.24, 2.45) is 0 Å². The van der Waals surface area contributed by atoms with Crippen LogP contribution in [0.15, 0.2) is 24.3 Å². The molecule has 1 fully saturated rings. The summed E-state index contributed by atoms with van der Waals surface area (Å²) in [6.45, 7) is 0.909. The van der Waals surface area contributed by atoms with Crippen molar-refractivity contribution in [1.82, 2.24) is 4.90 Å². The van der Waals surface area contributed by atoms with Gasteiger partial charge in [0.1, 0.15) is 5.75 Å². The number of nitrogens with zero attached hydrogens (tertiary/aromatic N) is 1. The summed E-state index contributed by atoms with van der Waals surface area (Å²) in [5.74, 6) is -0.728. The lowest BCUT2D eigenvalue weighted by Gasteiger charge is -2.31. The van der Waals surface area contributed by atoms with E-state index >= 15 is 0 Å². The monoisotopic (exact) mass is 293 g/mol. The molecule has 1 aliphatic rings. The SMILES string of the molecule is COC1CCN(C(=O)c2cccc(OCC(=O)O)c2)CC1. The predicted molar refractivity (Wildman–Crippen MR) is 75.5 cm³/mol. The number of carboxylic acid groups (broad SMARTS) is 1. The first-order valence-electron chi connectivity index (χ1n) is 6.87. The Bertz CT molecular complexity index is 509. The molecular formula is C15H19NO5. The molecule has 0 spiro atoms. The smallest absolute Gasteiger partial charge is 0.341 e. The van der Waals surface area contributed by atoms with Crippen LogP contribution in [0.5, 0.6) is 5.75 Å². The molecule has 0 radical (unpaired) electrons. The molecule has 1 heterocycles. The third-order valence-electron chi connectivity index (χ3n) is 3.51. The Kier molecular flexibility index (Phi) is 5.16.